The van der Waals surface area contributed by atoms with Crippen LogP contribution in [0.15, 0.2) is 0 Å². The third-order valence-electron chi connectivity index (χ3n) is 3.53. The van der Waals surface area contributed by atoms with E-state index in [-0.39, 0.29) is 18.2 Å². The summed E-state index contributed by atoms with van der Waals surface area (Å²) in [6, 6.07) is -1.12. The summed E-state index contributed by atoms with van der Waals surface area (Å²) in [5.41, 5.74) is 0. The lowest BCUT2D eigenvalue weighted by Gasteiger charge is -2.35. The molecule has 1 rings (SSSR count). The van der Waals surface area contributed by atoms with Crippen molar-refractivity contribution in [2.75, 3.05) is 12.0 Å². The van der Waals surface area contributed by atoms with Crippen molar-refractivity contribution in [2.24, 2.45) is 0 Å². The molecule has 1 fully saturated rings. The molecule has 110 valence electrons. The number of carboxylic acid groups (broad SMARTS) is 1. The molecule has 1 aliphatic rings. The van der Waals surface area contributed by atoms with E-state index in [2.05, 4.69) is 0 Å². The van der Waals surface area contributed by atoms with Crippen molar-refractivity contribution < 1.29 is 23.1 Å². The van der Waals surface area contributed by atoms with Crippen LogP contribution in [0.3, 0.4) is 0 Å². The molecule has 1 saturated carbocycles. The third-order valence-corrected chi connectivity index (χ3v) is 4.50. The van der Waals surface area contributed by atoms with E-state index in [1.54, 1.807) is 0 Å². The highest BCUT2D eigenvalue weighted by Crippen LogP contribution is 2.24. The number of hydrogen-bond donors (Lipinski definition) is 1. The maximum absolute atomic E-state index is 11.3. The Hall–Kier alpha value is -1.11. The highest BCUT2D eigenvalue weighted by molar-refractivity contribution is 7.90. The topological polar surface area (TPSA) is 91.8 Å². The number of carboxylic acids is 1. The van der Waals surface area contributed by atoms with E-state index < -0.39 is 21.8 Å². The molecule has 0 saturated heterocycles. The molecule has 0 spiro atoms. The molecule has 1 atom stereocenters. The van der Waals surface area contributed by atoms with Gasteiger partial charge in [0.1, 0.15) is 15.9 Å². The second-order valence-corrected chi connectivity index (χ2v) is 7.38. The number of rotatable bonds is 7. The van der Waals surface area contributed by atoms with Gasteiger partial charge >= 0.3 is 5.97 Å². The fourth-order valence-corrected chi connectivity index (χ4v) is 3.17. The van der Waals surface area contributed by atoms with E-state index in [0.717, 1.165) is 38.4 Å². The Morgan fingerprint density at radius 1 is 1.37 bits per heavy atom. The van der Waals surface area contributed by atoms with Crippen LogP contribution in [-0.2, 0) is 19.4 Å². The summed E-state index contributed by atoms with van der Waals surface area (Å²) in [5.74, 6) is -1.36. The summed E-state index contributed by atoms with van der Waals surface area (Å²) >= 11 is 0. The Morgan fingerprint density at radius 3 is 2.37 bits per heavy atom. The molecule has 1 amide bonds. The van der Waals surface area contributed by atoms with Gasteiger partial charge in [-0.05, 0) is 19.3 Å². The van der Waals surface area contributed by atoms with E-state index in [1.807, 2.05) is 0 Å². The largest absolute Gasteiger partial charge is 0.480 e. The van der Waals surface area contributed by atoms with Crippen LogP contribution in [0.4, 0.5) is 0 Å². The van der Waals surface area contributed by atoms with Gasteiger partial charge in [-0.2, -0.15) is 0 Å². The predicted molar refractivity (Wildman–Crippen MR) is 70.5 cm³/mol. The van der Waals surface area contributed by atoms with E-state index in [9.17, 15) is 23.1 Å². The monoisotopic (exact) mass is 291 g/mol. The smallest absolute Gasteiger partial charge is 0.326 e. The summed E-state index contributed by atoms with van der Waals surface area (Å²) in [6.45, 7) is 0. The van der Waals surface area contributed by atoms with Crippen molar-refractivity contribution in [3.63, 3.8) is 0 Å². The van der Waals surface area contributed by atoms with Gasteiger partial charge < -0.3 is 10.0 Å². The lowest BCUT2D eigenvalue weighted by molar-refractivity contribution is -0.148. The van der Waals surface area contributed by atoms with Crippen molar-refractivity contribution in [1.29, 1.82) is 0 Å². The number of amides is 1. The molecule has 0 bridgehead atoms. The summed E-state index contributed by atoms with van der Waals surface area (Å²) < 4.78 is 22.3. The standard InChI is InChI=1S/C12H21NO5S/c1-19(17,18)8-7-11(12(15)16)13(9-14)10-5-3-2-4-6-10/h9-11H,2-8H2,1H3,(H,15,16). The maximum atomic E-state index is 11.3. The zero-order valence-corrected chi connectivity index (χ0v) is 11.9. The molecule has 7 heteroatoms. The Bertz CT molecular complexity index is 414. The van der Waals surface area contributed by atoms with Gasteiger partial charge in [0.05, 0.1) is 5.75 Å². The van der Waals surface area contributed by atoms with E-state index in [0.29, 0.717) is 6.41 Å². The molecule has 0 aromatic rings. The fraction of sp³-hybridized carbons (Fsp3) is 0.833. The van der Waals surface area contributed by atoms with Crippen LogP contribution in [0.25, 0.3) is 0 Å². The van der Waals surface area contributed by atoms with Crippen molar-refractivity contribution >= 4 is 22.2 Å². The van der Waals surface area contributed by atoms with Gasteiger partial charge in [0.2, 0.25) is 6.41 Å². The Labute approximate surface area is 113 Å². The molecule has 1 aliphatic carbocycles. The number of carbonyl (C=O) groups is 2. The zero-order valence-electron chi connectivity index (χ0n) is 11.1. The van der Waals surface area contributed by atoms with Crippen molar-refractivity contribution in [3.8, 4) is 0 Å². The van der Waals surface area contributed by atoms with Gasteiger partial charge in [-0.25, -0.2) is 13.2 Å². The molecule has 0 aromatic carbocycles. The summed E-state index contributed by atoms with van der Waals surface area (Å²) in [6.07, 6.45) is 6.21. The molecule has 0 aliphatic heterocycles. The quantitative estimate of drug-likeness (QED) is 0.696. The van der Waals surface area contributed by atoms with Crippen LogP contribution in [0.5, 0.6) is 0 Å². The minimum Gasteiger partial charge on any atom is -0.480 e. The molecule has 1 N–H and O–H groups in total. The van der Waals surface area contributed by atoms with Crippen LogP contribution in [0, 0.1) is 0 Å². The molecule has 0 aromatic heterocycles. The van der Waals surface area contributed by atoms with Gasteiger partial charge in [-0.3, -0.25) is 4.79 Å². The first-order chi connectivity index (χ1) is 8.85. The van der Waals surface area contributed by atoms with Crippen LogP contribution in [-0.4, -0.2) is 54.9 Å². The number of hydrogen-bond acceptors (Lipinski definition) is 4. The highest BCUT2D eigenvalue weighted by atomic mass is 32.2. The second-order valence-electron chi connectivity index (χ2n) is 5.12. The first kappa shape index (κ1) is 15.9. The first-order valence-electron chi connectivity index (χ1n) is 6.48. The lowest BCUT2D eigenvalue weighted by atomic mass is 9.93. The minimum absolute atomic E-state index is 0.0522. The lowest BCUT2D eigenvalue weighted by Crippen LogP contribution is -2.48. The number of nitrogens with zero attached hydrogens (tertiary/aromatic N) is 1. The summed E-state index contributed by atoms with van der Waals surface area (Å²) in [4.78, 5) is 23.8. The molecule has 1 unspecified atom stereocenters. The predicted octanol–water partition coefficient (Wildman–Crippen LogP) is 0.665. The Balaban J connectivity index is 2.76. The van der Waals surface area contributed by atoms with E-state index in [4.69, 9.17) is 0 Å². The second kappa shape index (κ2) is 6.88. The Kier molecular flexibility index (Phi) is 5.78. The first-order valence-corrected chi connectivity index (χ1v) is 8.54. The molecular weight excluding hydrogens is 270 g/mol. The van der Waals surface area contributed by atoms with Gasteiger partial charge in [0.25, 0.3) is 0 Å². The maximum Gasteiger partial charge on any atom is 0.326 e. The van der Waals surface area contributed by atoms with Gasteiger partial charge in [0, 0.05) is 12.3 Å². The summed E-state index contributed by atoms with van der Waals surface area (Å²) in [7, 11) is -3.23. The van der Waals surface area contributed by atoms with Crippen LogP contribution >= 0.6 is 0 Å². The molecule has 0 heterocycles. The van der Waals surface area contributed by atoms with Crippen molar-refractivity contribution in [3.05, 3.63) is 0 Å². The molecule has 19 heavy (non-hydrogen) atoms. The third kappa shape index (κ3) is 5.18. The number of sulfone groups is 1. The number of carbonyl (C=O) groups excluding carboxylic acids is 1. The fourth-order valence-electron chi connectivity index (χ4n) is 2.52. The van der Waals surface area contributed by atoms with Crippen molar-refractivity contribution in [2.45, 2.75) is 50.6 Å². The van der Waals surface area contributed by atoms with Crippen LogP contribution < -0.4 is 0 Å². The average molecular weight is 291 g/mol. The van der Waals surface area contributed by atoms with Gasteiger partial charge in [-0.15, -0.1) is 0 Å². The molecule has 0 radical (unpaired) electrons. The normalized spacial score (nSPS) is 18.8. The summed E-state index contributed by atoms with van der Waals surface area (Å²) in [5, 5.41) is 9.21. The SMILES string of the molecule is CS(=O)(=O)CCC(C(=O)O)N(C=O)C1CCCCC1. The molecule has 6 nitrogen and oxygen atoms in total. The van der Waals surface area contributed by atoms with Crippen LogP contribution in [0.2, 0.25) is 0 Å². The molecular formula is C12H21NO5S. The zero-order chi connectivity index (χ0) is 14.5. The van der Waals surface area contributed by atoms with Gasteiger partial charge in [-0.1, -0.05) is 19.3 Å². The van der Waals surface area contributed by atoms with Gasteiger partial charge in [0.15, 0.2) is 0 Å². The number of aliphatic carboxylic acids is 1. The highest BCUT2D eigenvalue weighted by Gasteiger charge is 2.31. The van der Waals surface area contributed by atoms with E-state index in [1.165, 1.54) is 4.90 Å². The minimum atomic E-state index is -3.23. The van der Waals surface area contributed by atoms with E-state index >= 15 is 0 Å². The van der Waals surface area contributed by atoms with Crippen molar-refractivity contribution in [1.82, 2.24) is 4.90 Å². The van der Waals surface area contributed by atoms with Crippen LogP contribution in [0.1, 0.15) is 38.5 Å². The Morgan fingerprint density at radius 2 is 1.95 bits per heavy atom. The average Bonchev–Trinajstić information content (AvgIpc) is 2.33.